The van der Waals surface area contributed by atoms with E-state index in [1.165, 1.54) is 51.4 Å². The van der Waals surface area contributed by atoms with Gasteiger partial charge in [0.1, 0.15) is 12.6 Å². The van der Waals surface area contributed by atoms with Crippen LogP contribution in [0.1, 0.15) is 149 Å². The maximum absolute atomic E-state index is 12.5. The molecule has 0 aliphatic rings. The molecule has 40 heavy (non-hydrogen) atoms. The van der Waals surface area contributed by atoms with Gasteiger partial charge in [-0.2, -0.15) is 0 Å². The zero-order valence-electron chi connectivity index (χ0n) is 25.7. The number of carboxylic acids is 1. The van der Waals surface area contributed by atoms with Crippen LogP contribution in [0.25, 0.3) is 0 Å². The maximum Gasteiger partial charge on any atom is 0.322 e. The molecule has 0 saturated heterocycles. The molecule has 0 aliphatic carbocycles. The summed E-state index contributed by atoms with van der Waals surface area (Å²) < 4.78 is 5.83. The fraction of sp³-hybridized carbons (Fsp3) is 0.735. The number of hydrogen-bond donors (Lipinski definition) is 2. The number of rotatable bonds is 28. The van der Waals surface area contributed by atoms with Crippen molar-refractivity contribution < 1.29 is 24.2 Å². The molecule has 0 spiro atoms. The fourth-order valence-electron chi connectivity index (χ4n) is 4.35. The number of amides is 1. The van der Waals surface area contributed by atoms with Gasteiger partial charge in [-0.1, -0.05) is 102 Å². The van der Waals surface area contributed by atoms with Gasteiger partial charge in [-0.3, -0.25) is 14.4 Å². The topological polar surface area (TPSA) is 92.7 Å². The van der Waals surface area contributed by atoms with Crippen molar-refractivity contribution in [2.75, 3.05) is 6.54 Å². The lowest BCUT2D eigenvalue weighted by Crippen LogP contribution is -2.28. The molecule has 1 amide bonds. The molecule has 6 heteroatoms. The van der Waals surface area contributed by atoms with Crippen LogP contribution in [0, 0.1) is 0 Å². The van der Waals surface area contributed by atoms with E-state index in [4.69, 9.17) is 9.84 Å². The van der Waals surface area contributed by atoms with Crippen molar-refractivity contribution in [2.24, 2.45) is 0 Å². The molecule has 0 fully saturated rings. The van der Waals surface area contributed by atoms with Crippen molar-refractivity contribution in [2.45, 2.75) is 155 Å². The summed E-state index contributed by atoms with van der Waals surface area (Å²) in [6.45, 7) is 4.09. The van der Waals surface area contributed by atoms with Crippen molar-refractivity contribution in [3.05, 3.63) is 36.5 Å². The number of allylic oxidation sites excluding steroid dienone is 5. The molecule has 0 bridgehead atoms. The molecular formula is C34H59NO5. The molecular weight excluding hydrogens is 502 g/mol. The summed E-state index contributed by atoms with van der Waals surface area (Å²) in [6.07, 6.45) is 34.1. The number of hydrogen-bond acceptors (Lipinski definition) is 4. The van der Waals surface area contributed by atoms with Gasteiger partial charge in [-0.05, 0) is 70.3 Å². The summed E-state index contributed by atoms with van der Waals surface area (Å²) >= 11 is 0. The Bertz CT molecular complexity index is 713. The van der Waals surface area contributed by atoms with Crippen LogP contribution in [0.2, 0.25) is 0 Å². The van der Waals surface area contributed by atoms with Gasteiger partial charge in [0, 0.05) is 12.8 Å². The minimum atomic E-state index is -1.03. The van der Waals surface area contributed by atoms with Crippen LogP contribution in [-0.2, 0) is 19.1 Å². The molecule has 1 unspecified atom stereocenters. The van der Waals surface area contributed by atoms with E-state index in [9.17, 15) is 14.4 Å². The minimum Gasteiger partial charge on any atom is -0.480 e. The highest BCUT2D eigenvalue weighted by molar-refractivity contribution is 5.80. The molecule has 1 atom stereocenters. The van der Waals surface area contributed by atoms with E-state index < -0.39 is 5.97 Å². The van der Waals surface area contributed by atoms with Crippen LogP contribution in [0.5, 0.6) is 0 Å². The van der Waals surface area contributed by atoms with Gasteiger partial charge < -0.3 is 15.2 Å². The summed E-state index contributed by atoms with van der Waals surface area (Å²) in [5.41, 5.74) is 0. The standard InChI is InChI=1S/C34H59NO5/c1-3-5-7-9-11-13-15-17-19-25-29-34(39)40-31(26-22-18-16-14-12-10-8-6-4-2)27-23-20-21-24-28-32(36)35-30-33(37)38/h7,9,14,16,22,26,31H,3-6,8,10-13,15,17-21,23-25,27-30H2,1-2H3,(H,35,36)(H,37,38)/b9-7-,16-14-,26-22-. The Morgan fingerprint density at radius 2 is 1.27 bits per heavy atom. The van der Waals surface area contributed by atoms with Crippen molar-refractivity contribution in [1.82, 2.24) is 5.32 Å². The largest absolute Gasteiger partial charge is 0.480 e. The molecule has 0 rings (SSSR count). The number of ether oxygens (including phenoxy) is 1. The Labute approximate surface area is 245 Å². The number of aliphatic carboxylic acids is 1. The first kappa shape index (κ1) is 37.6. The molecule has 0 saturated carbocycles. The molecule has 2 N–H and O–H groups in total. The lowest BCUT2D eigenvalue weighted by atomic mass is 10.1. The third-order valence-corrected chi connectivity index (χ3v) is 6.75. The Balaban J connectivity index is 4.33. The lowest BCUT2D eigenvalue weighted by molar-refractivity contribution is -0.147. The molecule has 0 radical (unpaired) electrons. The van der Waals surface area contributed by atoms with E-state index in [2.05, 4.69) is 49.5 Å². The van der Waals surface area contributed by atoms with Crippen LogP contribution >= 0.6 is 0 Å². The van der Waals surface area contributed by atoms with E-state index in [0.717, 1.165) is 70.6 Å². The Morgan fingerprint density at radius 3 is 1.98 bits per heavy atom. The van der Waals surface area contributed by atoms with Gasteiger partial charge in [0.25, 0.3) is 0 Å². The average molecular weight is 562 g/mol. The molecule has 0 aromatic rings. The van der Waals surface area contributed by atoms with Crippen molar-refractivity contribution in [3.63, 3.8) is 0 Å². The SMILES string of the molecule is CCC/C=C\CCCCCCCC(=O)OC(/C=C\C/C=C\CCCCCC)CCCCCCC(=O)NCC(=O)O. The van der Waals surface area contributed by atoms with Gasteiger partial charge in [0.05, 0.1) is 0 Å². The number of carbonyl (C=O) groups excluding carboxylic acids is 2. The zero-order chi connectivity index (χ0) is 29.5. The van der Waals surface area contributed by atoms with Crippen LogP contribution in [0.15, 0.2) is 36.5 Å². The second-order valence-corrected chi connectivity index (χ2v) is 10.7. The second-order valence-electron chi connectivity index (χ2n) is 10.7. The fourth-order valence-corrected chi connectivity index (χ4v) is 4.35. The summed E-state index contributed by atoms with van der Waals surface area (Å²) in [7, 11) is 0. The highest BCUT2D eigenvalue weighted by Gasteiger charge is 2.11. The summed E-state index contributed by atoms with van der Waals surface area (Å²) in [6, 6.07) is 0. The van der Waals surface area contributed by atoms with E-state index in [1.807, 2.05) is 6.08 Å². The molecule has 0 heterocycles. The summed E-state index contributed by atoms with van der Waals surface area (Å²) in [4.78, 5) is 34.7. The van der Waals surface area contributed by atoms with E-state index in [0.29, 0.717) is 12.8 Å². The number of unbranched alkanes of at least 4 members (excludes halogenated alkanes) is 13. The smallest absolute Gasteiger partial charge is 0.322 e. The van der Waals surface area contributed by atoms with Gasteiger partial charge >= 0.3 is 11.9 Å². The average Bonchev–Trinajstić information content (AvgIpc) is 2.93. The Hall–Kier alpha value is -2.37. The predicted octanol–water partition coefficient (Wildman–Crippen LogP) is 9.00. The number of carboxylic acid groups (broad SMARTS) is 1. The third kappa shape index (κ3) is 28.6. The Morgan fingerprint density at radius 1 is 0.675 bits per heavy atom. The third-order valence-electron chi connectivity index (χ3n) is 6.75. The van der Waals surface area contributed by atoms with Gasteiger partial charge in [-0.15, -0.1) is 0 Å². The van der Waals surface area contributed by atoms with E-state index >= 15 is 0 Å². The number of esters is 1. The van der Waals surface area contributed by atoms with Gasteiger partial charge in [0.2, 0.25) is 5.91 Å². The van der Waals surface area contributed by atoms with Crippen LogP contribution in [0.4, 0.5) is 0 Å². The number of nitrogens with one attached hydrogen (secondary N) is 1. The van der Waals surface area contributed by atoms with Crippen molar-refractivity contribution in [3.8, 4) is 0 Å². The van der Waals surface area contributed by atoms with E-state index in [-0.39, 0.29) is 24.5 Å². The first-order chi connectivity index (χ1) is 19.5. The Kier molecular flexibility index (Phi) is 27.9. The lowest BCUT2D eigenvalue weighted by Gasteiger charge is -2.14. The first-order valence-electron chi connectivity index (χ1n) is 16.1. The highest BCUT2D eigenvalue weighted by atomic mass is 16.5. The predicted molar refractivity (Wildman–Crippen MR) is 166 cm³/mol. The molecule has 6 nitrogen and oxygen atoms in total. The normalized spacial score (nSPS) is 12.4. The maximum atomic E-state index is 12.5. The highest BCUT2D eigenvalue weighted by Crippen LogP contribution is 2.14. The molecule has 0 aliphatic heterocycles. The summed E-state index contributed by atoms with van der Waals surface area (Å²) in [5, 5.41) is 11.0. The molecule has 0 aromatic heterocycles. The number of carbonyl (C=O) groups is 3. The summed E-state index contributed by atoms with van der Waals surface area (Å²) in [5.74, 6) is -1.37. The molecule has 0 aromatic carbocycles. The van der Waals surface area contributed by atoms with Crippen LogP contribution in [-0.4, -0.2) is 35.6 Å². The van der Waals surface area contributed by atoms with Crippen LogP contribution in [0.3, 0.4) is 0 Å². The van der Waals surface area contributed by atoms with E-state index in [1.54, 1.807) is 0 Å². The van der Waals surface area contributed by atoms with Gasteiger partial charge in [-0.25, -0.2) is 0 Å². The second kappa shape index (κ2) is 29.6. The quantitative estimate of drug-likeness (QED) is 0.0565. The zero-order valence-corrected chi connectivity index (χ0v) is 25.7. The first-order valence-corrected chi connectivity index (χ1v) is 16.1. The van der Waals surface area contributed by atoms with Crippen molar-refractivity contribution >= 4 is 17.8 Å². The van der Waals surface area contributed by atoms with Crippen LogP contribution < -0.4 is 5.32 Å². The molecule has 230 valence electrons. The van der Waals surface area contributed by atoms with Gasteiger partial charge in [0.15, 0.2) is 0 Å². The minimum absolute atomic E-state index is 0.112. The monoisotopic (exact) mass is 561 g/mol. The van der Waals surface area contributed by atoms with Crippen molar-refractivity contribution in [1.29, 1.82) is 0 Å².